The highest BCUT2D eigenvalue weighted by Crippen LogP contribution is 2.22. The molecule has 0 bridgehead atoms. The maximum Gasteiger partial charge on any atom is 0.229 e. The van der Waals surface area contributed by atoms with Crippen molar-refractivity contribution in [2.45, 2.75) is 20.4 Å². The smallest absolute Gasteiger partial charge is 0.229 e. The summed E-state index contributed by atoms with van der Waals surface area (Å²) in [5, 5.41) is 3.37. The highest BCUT2D eigenvalue weighted by Gasteiger charge is 2.19. The van der Waals surface area contributed by atoms with Gasteiger partial charge in [-0.25, -0.2) is 4.98 Å². The zero-order chi connectivity index (χ0) is 19.3. The van der Waals surface area contributed by atoms with Crippen molar-refractivity contribution in [2.75, 3.05) is 36.4 Å². The Balaban J connectivity index is 1.42. The van der Waals surface area contributed by atoms with Crippen LogP contribution in [0.2, 0.25) is 0 Å². The van der Waals surface area contributed by atoms with E-state index in [-0.39, 0.29) is 0 Å². The van der Waals surface area contributed by atoms with Gasteiger partial charge in [0.25, 0.3) is 0 Å². The first kappa shape index (κ1) is 18.4. The second-order valence-electron chi connectivity index (χ2n) is 7.38. The molecule has 28 heavy (non-hydrogen) atoms. The van der Waals surface area contributed by atoms with E-state index in [2.05, 4.69) is 75.6 Å². The number of para-hydroxylation sites is 1. The molecule has 0 saturated carbocycles. The summed E-state index contributed by atoms with van der Waals surface area (Å²) >= 11 is 0. The van der Waals surface area contributed by atoms with Crippen LogP contribution in [0.5, 0.6) is 0 Å². The van der Waals surface area contributed by atoms with Crippen molar-refractivity contribution in [3.8, 4) is 0 Å². The molecule has 1 N–H and O–H groups in total. The maximum atomic E-state index is 4.79. The monoisotopic (exact) mass is 373 g/mol. The van der Waals surface area contributed by atoms with Crippen molar-refractivity contribution in [1.82, 2.24) is 14.9 Å². The summed E-state index contributed by atoms with van der Waals surface area (Å²) in [4.78, 5) is 14.2. The number of nitrogens with one attached hydrogen (secondary N) is 1. The molecule has 0 radical (unpaired) electrons. The van der Waals surface area contributed by atoms with Crippen molar-refractivity contribution in [3.63, 3.8) is 0 Å². The molecule has 2 aromatic carbocycles. The van der Waals surface area contributed by atoms with Crippen LogP contribution in [-0.2, 0) is 6.54 Å². The van der Waals surface area contributed by atoms with Gasteiger partial charge >= 0.3 is 0 Å². The summed E-state index contributed by atoms with van der Waals surface area (Å²) < 4.78 is 0. The van der Waals surface area contributed by atoms with Gasteiger partial charge in [0.05, 0.1) is 0 Å². The van der Waals surface area contributed by atoms with Crippen LogP contribution < -0.4 is 10.2 Å². The molecule has 0 spiro atoms. The van der Waals surface area contributed by atoms with E-state index in [0.29, 0.717) is 5.95 Å². The lowest BCUT2D eigenvalue weighted by Crippen LogP contribution is -2.46. The Labute approximate surface area is 167 Å². The fourth-order valence-corrected chi connectivity index (χ4v) is 3.58. The zero-order valence-corrected chi connectivity index (χ0v) is 16.6. The number of aromatic nitrogens is 2. The Kier molecular flexibility index (Phi) is 5.53. The van der Waals surface area contributed by atoms with E-state index in [9.17, 15) is 0 Å². The van der Waals surface area contributed by atoms with Crippen molar-refractivity contribution in [1.29, 1.82) is 0 Å². The number of piperazine rings is 1. The van der Waals surface area contributed by atoms with Crippen LogP contribution in [0.4, 0.5) is 17.5 Å². The molecule has 0 aliphatic carbocycles. The minimum atomic E-state index is 0.663. The first-order valence-electron chi connectivity index (χ1n) is 9.87. The number of hydrogen-bond donors (Lipinski definition) is 1. The van der Waals surface area contributed by atoms with Crippen LogP contribution in [0.1, 0.15) is 16.8 Å². The Hall–Kier alpha value is -2.92. The first-order valence-corrected chi connectivity index (χ1v) is 9.87. The van der Waals surface area contributed by atoms with Gasteiger partial charge in [-0.15, -0.1) is 0 Å². The van der Waals surface area contributed by atoms with Crippen LogP contribution in [0, 0.1) is 13.8 Å². The van der Waals surface area contributed by atoms with Gasteiger partial charge in [0.2, 0.25) is 5.95 Å². The van der Waals surface area contributed by atoms with Crippen LogP contribution in [0.3, 0.4) is 0 Å². The molecule has 0 amide bonds. The molecule has 5 heteroatoms. The second-order valence-corrected chi connectivity index (χ2v) is 7.38. The lowest BCUT2D eigenvalue weighted by molar-refractivity contribution is 0.249. The summed E-state index contributed by atoms with van der Waals surface area (Å²) in [7, 11) is 0. The van der Waals surface area contributed by atoms with E-state index >= 15 is 0 Å². The lowest BCUT2D eigenvalue weighted by Gasteiger charge is -2.35. The third-order valence-corrected chi connectivity index (χ3v) is 5.18. The molecule has 1 saturated heterocycles. The van der Waals surface area contributed by atoms with Gasteiger partial charge in [0.1, 0.15) is 5.82 Å². The average Bonchev–Trinajstić information content (AvgIpc) is 2.71. The standard InChI is InChI=1S/C23H27N5/c1-18-8-6-7-11-21(18)25-23-24-19(2)16-22(26-23)28-14-12-27(13-15-28)17-20-9-4-3-5-10-20/h3-11,16H,12-15,17H2,1-2H3,(H,24,25,26). The summed E-state index contributed by atoms with van der Waals surface area (Å²) in [6.45, 7) is 9.17. The van der Waals surface area contributed by atoms with Crippen LogP contribution in [-0.4, -0.2) is 41.0 Å². The summed E-state index contributed by atoms with van der Waals surface area (Å²) in [6, 6.07) is 21.0. The molecule has 1 aliphatic rings. The molecule has 1 aliphatic heterocycles. The number of hydrogen-bond acceptors (Lipinski definition) is 5. The predicted molar refractivity (Wildman–Crippen MR) is 115 cm³/mol. The van der Waals surface area contributed by atoms with Crippen molar-refractivity contribution >= 4 is 17.5 Å². The van der Waals surface area contributed by atoms with Crippen LogP contribution in [0.25, 0.3) is 0 Å². The predicted octanol–water partition coefficient (Wildman–Crippen LogP) is 4.16. The molecule has 4 rings (SSSR count). The fraction of sp³-hybridized carbons (Fsp3) is 0.304. The third-order valence-electron chi connectivity index (χ3n) is 5.18. The molecular formula is C23H27N5. The second kappa shape index (κ2) is 8.40. The van der Waals surface area contributed by atoms with E-state index in [1.807, 2.05) is 19.1 Å². The number of anilines is 3. The summed E-state index contributed by atoms with van der Waals surface area (Å²) in [6.07, 6.45) is 0. The quantitative estimate of drug-likeness (QED) is 0.727. The molecule has 1 fully saturated rings. The van der Waals surface area contributed by atoms with Crippen molar-refractivity contribution in [2.24, 2.45) is 0 Å². The molecule has 0 unspecified atom stereocenters. The number of benzene rings is 2. The van der Waals surface area contributed by atoms with Crippen molar-refractivity contribution in [3.05, 3.63) is 77.5 Å². The molecule has 0 atom stereocenters. The molecule has 2 heterocycles. The number of nitrogens with zero attached hydrogens (tertiary/aromatic N) is 4. The van der Waals surface area contributed by atoms with Crippen LogP contribution >= 0.6 is 0 Å². The highest BCUT2D eigenvalue weighted by molar-refractivity contribution is 5.59. The molecule has 3 aromatic rings. The Morgan fingerprint density at radius 3 is 2.32 bits per heavy atom. The molecule has 5 nitrogen and oxygen atoms in total. The number of aryl methyl sites for hydroxylation is 2. The van der Waals surface area contributed by atoms with Gasteiger partial charge in [-0.1, -0.05) is 48.5 Å². The van der Waals surface area contributed by atoms with Gasteiger partial charge in [0.15, 0.2) is 0 Å². The molecule has 144 valence electrons. The normalized spacial score (nSPS) is 14.9. The lowest BCUT2D eigenvalue weighted by atomic mass is 10.2. The Morgan fingerprint density at radius 1 is 0.857 bits per heavy atom. The topological polar surface area (TPSA) is 44.3 Å². The van der Waals surface area contributed by atoms with E-state index in [4.69, 9.17) is 4.98 Å². The summed E-state index contributed by atoms with van der Waals surface area (Å²) in [5.74, 6) is 1.67. The van der Waals surface area contributed by atoms with E-state index in [0.717, 1.165) is 49.9 Å². The van der Waals surface area contributed by atoms with E-state index in [1.165, 1.54) is 11.1 Å². The maximum absolute atomic E-state index is 4.79. The Morgan fingerprint density at radius 2 is 1.57 bits per heavy atom. The fourth-order valence-electron chi connectivity index (χ4n) is 3.58. The summed E-state index contributed by atoms with van der Waals surface area (Å²) in [5.41, 5.74) is 4.58. The van der Waals surface area contributed by atoms with Crippen LogP contribution in [0.15, 0.2) is 60.7 Å². The van der Waals surface area contributed by atoms with E-state index < -0.39 is 0 Å². The van der Waals surface area contributed by atoms with Gasteiger partial charge in [-0.05, 0) is 31.0 Å². The Bertz CT molecular complexity index is 917. The van der Waals surface area contributed by atoms with E-state index in [1.54, 1.807) is 0 Å². The SMILES string of the molecule is Cc1cc(N2CCN(Cc3ccccc3)CC2)nc(Nc2ccccc2C)n1. The van der Waals surface area contributed by atoms with Gasteiger partial charge in [-0.2, -0.15) is 4.98 Å². The van der Waals surface area contributed by atoms with Crippen molar-refractivity contribution < 1.29 is 0 Å². The highest BCUT2D eigenvalue weighted by atomic mass is 15.3. The molecule has 1 aromatic heterocycles. The first-order chi connectivity index (χ1) is 13.7. The zero-order valence-electron chi connectivity index (χ0n) is 16.6. The van der Waals surface area contributed by atoms with Gasteiger partial charge < -0.3 is 10.2 Å². The minimum Gasteiger partial charge on any atom is -0.354 e. The average molecular weight is 374 g/mol. The number of rotatable bonds is 5. The molecular weight excluding hydrogens is 346 g/mol. The third kappa shape index (κ3) is 4.49. The largest absolute Gasteiger partial charge is 0.354 e. The van der Waals surface area contributed by atoms with Gasteiger partial charge in [0, 0.05) is 50.2 Å². The minimum absolute atomic E-state index is 0.663. The van der Waals surface area contributed by atoms with Gasteiger partial charge in [-0.3, -0.25) is 4.90 Å².